The van der Waals surface area contributed by atoms with Crippen molar-refractivity contribution in [1.29, 1.82) is 0 Å². The second-order valence-electron chi connectivity index (χ2n) is 1.92. The molecule has 6 nitrogen and oxygen atoms in total. The molecular weight excluding hydrogens is 232 g/mol. The van der Waals surface area contributed by atoms with Gasteiger partial charge in [-0.25, -0.2) is 4.79 Å². The third-order valence-corrected chi connectivity index (χ3v) is 1.80. The molecule has 1 aromatic rings. The van der Waals surface area contributed by atoms with E-state index >= 15 is 0 Å². The van der Waals surface area contributed by atoms with Gasteiger partial charge in [-0.15, -0.1) is 4.73 Å². The zero-order valence-corrected chi connectivity index (χ0v) is 7.19. The first-order chi connectivity index (χ1) is 5.57. The first kappa shape index (κ1) is 8.72. The number of aldehydes is 1. The van der Waals surface area contributed by atoms with E-state index in [0.29, 0.717) is 3.59 Å². The number of hydrogen-bond acceptors (Lipinski definition) is 4. The fourth-order valence-corrected chi connectivity index (χ4v) is 0.980. The van der Waals surface area contributed by atoms with Gasteiger partial charge in [0.2, 0.25) is 0 Å². The summed E-state index contributed by atoms with van der Waals surface area (Å²) in [7, 11) is 0. The summed E-state index contributed by atoms with van der Waals surface area (Å²) in [6, 6.07) is 0. The summed E-state index contributed by atoms with van der Waals surface area (Å²) in [5.41, 5.74) is -2.08. The standard InChI is InChI=1S/C5H3BrN2O4/c6-8-4(10)3(2-9)1-7(12)5(8)11/h1-2,12H. The second-order valence-corrected chi connectivity index (χ2v) is 2.62. The van der Waals surface area contributed by atoms with Crippen LogP contribution in [0.2, 0.25) is 0 Å². The third kappa shape index (κ3) is 1.18. The molecule has 7 heteroatoms. The van der Waals surface area contributed by atoms with Gasteiger partial charge in [0.15, 0.2) is 6.29 Å². The van der Waals surface area contributed by atoms with Crippen molar-refractivity contribution in [3.8, 4) is 0 Å². The Labute approximate surface area is 74.0 Å². The maximum atomic E-state index is 10.9. The van der Waals surface area contributed by atoms with Crippen molar-refractivity contribution in [1.82, 2.24) is 8.32 Å². The van der Waals surface area contributed by atoms with Gasteiger partial charge >= 0.3 is 5.69 Å². The Hall–Kier alpha value is -1.37. The molecule has 0 saturated carbocycles. The van der Waals surface area contributed by atoms with Crippen molar-refractivity contribution < 1.29 is 10.0 Å². The number of halogens is 1. The SMILES string of the molecule is O=Cc1cn(O)c(=O)n(Br)c1=O. The van der Waals surface area contributed by atoms with Gasteiger partial charge in [-0.1, -0.05) is 0 Å². The van der Waals surface area contributed by atoms with Gasteiger partial charge < -0.3 is 5.21 Å². The van der Waals surface area contributed by atoms with E-state index < -0.39 is 11.2 Å². The van der Waals surface area contributed by atoms with Crippen LogP contribution in [0, 0.1) is 0 Å². The molecule has 12 heavy (non-hydrogen) atoms. The number of aromatic nitrogens is 2. The predicted molar refractivity (Wildman–Crippen MR) is 41.9 cm³/mol. The molecule has 0 aromatic carbocycles. The van der Waals surface area contributed by atoms with E-state index in [0.717, 1.165) is 6.20 Å². The first-order valence-electron chi connectivity index (χ1n) is 2.77. The van der Waals surface area contributed by atoms with Gasteiger partial charge in [-0.05, 0) is 0 Å². The van der Waals surface area contributed by atoms with Crippen molar-refractivity contribution in [2.24, 2.45) is 0 Å². The van der Waals surface area contributed by atoms with Crippen LogP contribution in [0.5, 0.6) is 0 Å². The van der Waals surface area contributed by atoms with Crippen LogP contribution in [-0.2, 0) is 0 Å². The number of hydrogen-bond donors (Lipinski definition) is 1. The predicted octanol–water partition coefficient (Wildman–Crippen LogP) is -0.782. The monoisotopic (exact) mass is 234 g/mol. The lowest BCUT2D eigenvalue weighted by molar-refractivity contribution is 0.111. The van der Waals surface area contributed by atoms with E-state index in [1.165, 1.54) is 0 Å². The van der Waals surface area contributed by atoms with Crippen LogP contribution >= 0.6 is 16.1 Å². The quantitative estimate of drug-likeness (QED) is 0.511. The van der Waals surface area contributed by atoms with Crippen molar-refractivity contribution in [2.45, 2.75) is 0 Å². The molecule has 0 radical (unpaired) electrons. The Kier molecular flexibility index (Phi) is 2.13. The Morgan fingerprint density at radius 1 is 1.50 bits per heavy atom. The van der Waals surface area contributed by atoms with Crippen LogP contribution < -0.4 is 11.2 Å². The topological polar surface area (TPSA) is 81.3 Å². The third-order valence-electron chi connectivity index (χ3n) is 1.18. The molecule has 0 aliphatic heterocycles. The Bertz CT molecular complexity index is 432. The Morgan fingerprint density at radius 3 is 2.58 bits per heavy atom. The highest BCUT2D eigenvalue weighted by molar-refractivity contribution is 9.08. The number of carbonyl (C=O) groups is 1. The smallest absolute Gasteiger partial charge is 0.374 e. The molecule has 0 aliphatic rings. The molecule has 1 rings (SSSR count). The van der Waals surface area contributed by atoms with E-state index in [1.807, 2.05) is 0 Å². The molecule has 64 valence electrons. The number of rotatable bonds is 1. The van der Waals surface area contributed by atoms with Gasteiger partial charge in [-0.3, -0.25) is 9.59 Å². The molecule has 0 saturated heterocycles. The van der Waals surface area contributed by atoms with Crippen molar-refractivity contribution in [2.75, 3.05) is 0 Å². The number of carbonyl (C=O) groups excluding carboxylic acids is 1. The molecule has 0 amide bonds. The van der Waals surface area contributed by atoms with E-state index in [-0.39, 0.29) is 16.6 Å². The van der Waals surface area contributed by atoms with E-state index in [2.05, 4.69) is 16.1 Å². The van der Waals surface area contributed by atoms with Gasteiger partial charge in [0.25, 0.3) is 5.56 Å². The fraction of sp³-hybridized carbons (Fsp3) is 0. The molecule has 1 heterocycles. The van der Waals surface area contributed by atoms with Gasteiger partial charge in [0.05, 0.1) is 22.3 Å². The second kappa shape index (κ2) is 2.94. The average molecular weight is 235 g/mol. The van der Waals surface area contributed by atoms with Gasteiger partial charge in [0, 0.05) is 0 Å². The minimum absolute atomic E-state index is 0.139. The maximum Gasteiger partial charge on any atom is 0.374 e. The van der Waals surface area contributed by atoms with Gasteiger partial charge in [-0.2, -0.15) is 3.59 Å². The van der Waals surface area contributed by atoms with Crippen molar-refractivity contribution in [3.05, 3.63) is 32.6 Å². The van der Waals surface area contributed by atoms with Crippen LogP contribution in [0.4, 0.5) is 0 Å². The summed E-state index contributed by atoms with van der Waals surface area (Å²) in [6.45, 7) is 0. The first-order valence-corrected chi connectivity index (χ1v) is 3.48. The molecule has 1 N–H and O–H groups in total. The summed E-state index contributed by atoms with van der Waals surface area (Å²) in [6.07, 6.45) is 0.988. The lowest BCUT2D eigenvalue weighted by Gasteiger charge is -1.97. The van der Waals surface area contributed by atoms with Crippen LogP contribution in [-0.4, -0.2) is 19.8 Å². The lowest BCUT2D eigenvalue weighted by atomic mass is 10.4. The van der Waals surface area contributed by atoms with Crippen LogP contribution in [0.15, 0.2) is 15.8 Å². The van der Waals surface area contributed by atoms with Gasteiger partial charge in [0.1, 0.15) is 5.56 Å². The highest BCUT2D eigenvalue weighted by Gasteiger charge is 2.07. The highest BCUT2D eigenvalue weighted by Crippen LogP contribution is 1.84. The van der Waals surface area contributed by atoms with E-state index in [1.54, 1.807) is 0 Å². The summed E-state index contributed by atoms with van der Waals surface area (Å²) < 4.78 is 0.594. The summed E-state index contributed by atoms with van der Waals surface area (Å²) in [4.78, 5) is 31.9. The Balaban J connectivity index is 3.73. The fourth-order valence-electron chi connectivity index (χ4n) is 0.613. The molecule has 0 aliphatic carbocycles. The normalized spacial score (nSPS) is 9.75. The highest BCUT2D eigenvalue weighted by atomic mass is 79.9. The molecule has 0 bridgehead atoms. The lowest BCUT2D eigenvalue weighted by Crippen LogP contribution is -2.35. The van der Waals surface area contributed by atoms with E-state index in [9.17, 15) is 14.4 Å². The molecule has 0 unspecified atom stereocenters. The summed E-state index contributed by atoms with van der Waals surface area (Å²) in [5, 5.41) is 8.79. The van der Waals surface area contributed by atoms with Crippen molar-refractivity contribution in [3.63, 3.8) is 0 Å². The zero-order chi connectivity index (χ0) is 9.30. The minimum Gasteiger partial charge on any atom is -0.424 e. The number of nitrogens with zero attached hydrogens (tertiary/aromatic N) is 2. The van der Waals surface area contributed by atoms with E-state index in [4.69, 9.17) is 5.21 Å². The molecule has 0 atom stereocenters. The maximum absolute atomic E-state index is 10.9. The molecule has 1 aromatic heterocycles. The van der Waals surface area contributed by atoms with Crippen LogP contribution in [0.3, 0.4) is 0 Å². The minimum atomic E-state index is -0.967. The average Bonchev–Trinajstić information content (AvgIpc) is 2.08. The molecule has 0 spiro atoms. The molecular formula is C5H3BrN2O4. The Morgan fingerprint density at radius 2 is 2.08 bits per heavy atom. The van der Waals surface area contributed by atoms with Crippen LogP contribution in [0.1, 0.15) is 10.4 Å². The largest absolute Gasteiger partial charge is 0.424 e. The molecule has 0 fully saturated rings. The van der Waals surface area contributed by atoms with Crippen LogP contribution in [0.25, 0.3) is 0 Å². The van der Waals surface area contributed by atoms with Crippen molar-refractivity contribution >= 4 is 22.4 Å². The summed E-state index contributed by atoms with van der Waals surface area (Å²) in [5.74, 6) is 0. The zero-order valence-electron chi connectivity index (χ0n) is 5.60. The summed E-state index contributed by atoms with van der Waals surface area (Å²) >= 11 is 2.57.